The lowest BCUT2D eigenvalue weighted by Gasteiger charge is -2.06. The van der Waals surface area contributed by atoms with Crippen molar-refractivity contribution in [3.8, 4) is 0 Å². The van der Waals surface area contributed by atoms with Crippen LogP contribution >= 0.6 is 0 Å². The van der Waals surface area contributed by atoms with E-state index in [1.54, 1.807) is 7.11 Å². The minimum Gasteiger partial charge on any atom is -0.455 e. The zero-order valence-electron chi connectivity index (χ0n) is 11.0. The number of hydrogen-bond acceptors (Lipinski definition) is 8. The van der Waals surface area contributed by atoms with Crippen LogP contribution in [0.5, 0.6) is 0 Å². The number of methoxy groups -OCH3 is 1. The van der Waals surface area contributed by atoms with Crippen molar-refractivity contribution in [2.45, 2.75) is 0 Å². The fraction of sp³-hybridized carbons (Fsp3) is 0.818. The van der Waals surface area contributed by atoms with E-state index in [9.17, 15) is 9.59 Å². The molecule has 0 aliphatic rings. The van der Waals surface area contributed by atoms with Crippen molar-refractivity contribution in [1.82, 2.24) is 0 Å². The summed E-state index contributed by atoms with van der Waals surface area (Å²) in [5, 5.41) is 8.41. The summed E-state index contributed by atoms with van der Waals surface area (Å²) in [7, 11) is 1.55. The van der Waals surface area contributed by atoms with Crippen molar-refractivity contribution in [3.63, 3.8) is 0 Å². The van der Waals surface area contributed by atoms with Crippen molar-refractivity contribution < 1.29 is 38.4 Å². The minimum absolute atomic E-state index is 0.0291. The summed E-state index contributed by atoms with van der Waals surface area (Å²) in [5.74, 6) is -2.15. The van der Waals surface area contributed by atoms with E-state index in [0.29, 0.717) is 13.2 Å². The predicted molar refractivity (Wildman–Crippen MR) is 62.5 cm³/mol. The number of carbonyl (C=O) groups excluding carboxylic acids is 2. The first-order valence-corrected chi connectivity index (χ1v) is 5.81. The molecule has 0 saturated carbocycles. The first-order valence-electron chi connectivity index (χ1n) is 5.81. The molecule has 0 aromatic carbocycles. The van der Waals surface area contributed by atoms with Gasteiger partial charge in [-0.25, -0.2) is 9.59 Å². The molecule has 0 saturated heterocycles. The molecule has 0 aromatic heterocycles. The van der Waals surface area contributed by atoms with Gasteiger partial charge in [-0.1, -0.05) is 0 Å². The van der Waals surface area contributed by atoms with Gasteiger partial charge in [-0.3, -0.25) is 0 Å². The SMILES string of the molecule is COCCOCCOC(=O)C(=O)OCCOCCO. The monoisotopic (exact) mass is 280 g/mol. The maximum Gasteiger partial charge on any atom is 0.417 e. The normalized spacial score (nSPS) is 10.2. The van der Waals surface area contributed by atoms with Crippen LogP contribution in [-0.2, 0) is 33.3 Å². The van der Waals surface area contributed by atoms with E-state index < -0.39 is 11.9 Å². The second-order valence-electron chi connectivity index (χ2n) is 3.21. The number of ether oxygens (including phenoxy) is 5. The number of aliphatic hydroxyl groups excluding tert-OH is 1. The maximum atomic E-state index is 11.1. The fourth-order valence-corrected chi connectivity index (χ4v) is 0.915. The van der Waals surface area contributed by atoms with E-state index in [-0.39, 0.29) is 39.6 Å². The molecule has 0 aliphatic carbocycles. The molecule has 0 radical (unpaired) electrons. The van der Waals surface area contributed by atoms with Crippen LogP contribution in [0.25, 0.3) is 0 Å². The molecule has 0 unspecified atom stereocenters. The van der Waals surface area contributed by atoms with Gasteiger partial charge in [0.15, 0.2) is 0 Å². The molecule has 0 rings (SSSR count). The highest BCUT2D eigenvalue weighted by Gasteiger charge is 2.16. The Bertz CT molecular complexity index is 243. The first-order chi connectivity index (χ1) is 9.22. The Labute approximate surface area is 111 Å². The number of rotatable bonds is 11. The van der Waals surface area contributed by atoms with Crippen molar-refractivity contribution in [2.24, 2.45) is 0 Å². The summed E-state index contributed by atoms with van der Waals surface area (Å²) >= 11 is 0. The lowest BCUT2D eigenvalue weighted by Crippen LogP contribution is -2.24. The Hall–Kier alpha value is -1.22. The van der Waals surface area contributed by atoms with Crippen molar-refractivity contribution >= 4 is 11.9 Å². The molecule has 0 atom stereocenters. The molecule has 0 amide bonds. The molecule has 0 heterocycles. The van der Waals surface area contributed by atoms with E-state index in [1.165, 1.54) is 0 Å². The van der Waals surface area contributed by atoms with Crippen molar-refractivity contribution in [2.75, 3.05) is 60.0 Å². The lowest BCUT2D eigenvalue weighted by molar-refractivity contribution is -0.169. The average molecular weight is 280 g/mol. The zero-order valence-corrected chi connectivity index (χ0v) is 11.0. The van der Waals surface area contributed by atoms with Crippen LogP contribution in [0, 0.1) is 0 Å². The number of carbonyl (C=O) groups is 2. The molecular formula is C11H20O8. The molecule has 0 aliphatic heterocycles. The van der Waals surface area contributed by atoms with Gasteiger partial charge in [-0.2, -0.15) is 0 Å². The second kappa shape index (κ2) is 13.2. The van der Waals surface area contributed by atoms with Crippen LogP contribution in [0.4, 0.5) is 0 Å². The zero-order chi connectivity index (χ0) is 14.3. The van der Waals surface area contributed by atoms with Crippen LogP contribution in [0.15, 0.2) is 0 Å². The summed E-state index contributed by atoms with van der Waals surface area (Å²) < 4.78 is 23.8. The molecule has 0 spiro atoms. The van der Waals surface area contributed by atoms with Gasteiger partial charge >= 0.3 is 11.9 Å². The van der Waals surface area contributed by atoms with Gasteiger partial charge in [0.25, 0.3) is 0 Å². The predicted octanol–water partition coefficient (Wildman–Crippen LogP) is -1.26. The van der Waals surface area contributed by atoms with Gasteiger partial charge in [-0.05, 0) is 0 Å². The van der Waals surface area contributed by atoms with Gasteiger partial charge in [0.05, 0.1) is 39.6 Å². The summed E-state index contributed by atoms with van der Waals surface area (Å²) in [4.78, 5) is 22.2. The molecule has 0 fully saturated rings. The van der Waals surface area contributed by atoms with Crippen LogP contribution in [0.2, 0.25) is 0 Å². The van der Waals surface area contributed by atoms with Gasteiger partial charge in [0.1, 0.15) is 13.2 Å². The average Bonchev–Trinajstić information content (AvgIpc) is 2.42. The van der Waals surface area contributed by atoms with E-state index in [4.69, 9.17) is 19.3 Å². The number of hydrogen-bond donors (Lipinski definition) is 1. The molecule has 8 nitrogen and oxygen atoms in total. The van der Waals surface area contributed by atoms with Gasteiger partial charge in [-0.15, -0.1) is 0 Å². The molecular weight excluding hydrogens is 260 g/mol. The van der Waals surface area contributed by atoms with Crippen LogP contribution in [-0.4, -0.2) is 77.0 Å². The topological polar surface area (TPSA) is 101 Å². The van der Waals surface area contributed by atoms with Crippen LogP contribution < -0.4 is 0 Å². The Balaban J connectivity index is 3.41. The quantitative estimate of drug-likeness (QED) is 0.284. The minimum atomic E-state index is -1.08. The highest BCUT2D eigenvalue weighted by molar-refractivity contribution is 6.29. The third kappa shape index (κ3) is 11.6. The molecule has 0 bridgehead atoms. The lowest BCUT2D eigenvalue weighted by atomic mass is 10.6. The van der Waals surface area contributed by atoms with Crippen LogP contribution in [0.1, 0.15) is 0 Å². The van der Waals surface area contributed by atoms with Crippen molar-refractivity contribution in [3.05, 3.63) is 0 Å². The molecule has 19 heavy (non-hydrogen) atoms. The third-order valence-corrected chi connectivity index (χ3v) is 1.76. The van der Waals surface area contributed by atoms with E-state index in [0.717, 1.165) is 0 Å². The summed E-state index contributed by atoms with van der Waals surface area (Å²) in [6, 6.07) is 0. The molecule has 0 aromatic rings. The van der Waals surface area contributed by atoms with E-state index >= 15 is 0 Å². The number of esters is 2. The Kier molecular flexibility index (Phi) is 12.4. The highest BCUT2D eigenvalue weighted by Crippen LogP contribution is 1.87. The third-order valence-electron chi connectivity index (χ3n) is 1.76. The van der Waals surface area contributed by atoms with Gasteiger partial charge in [0, 0.05) is 7.11 Å². The standard InChI is InChI=1S/C11H20O8/c1-15-4-5-17-7-9-19-11(14)10(13)18-8-6-16-3-2-12/h12H,2-9H2,1H3. The first kappa shape index (κ1) is 17.8. The largest absolute Gasteiger partial charge is 0.455 e. The van der Waals surface area contributed by atoms with Crippen molar-refractivity contribution in [1.29, 1.82) is 0 Å². The Morgan fingerprint density at radius 2 is 1.26 bits per heavy atom. The van der Waals surface area contributed by atoms with E-state index in [1.807, 2.05) is 0 Å². The number of aliphatic hydroxyl groups is 1. The summed E-state index contributed by atoms with van der Waals surface area (Å²) in [5.41, 5.74) is 0. The van der Waals surface area contributed by atoms with E-state index in [2.05, 4.69) is 9.47 Å². The van der Waals surface area contributed by atoms with Gasteiger partial charge < -0.3 is 28.8 Å². The molecule has 8 heteroatoms. The Morgan fingerprint density at radius 1 is 0.789 bits per heavy atom. The second-order valence-corrected chi connectivity index (χ2v) is 3.21. The molecule has 112 valence electrons. The summed E-state index contributed by atoms with van der Waals surface area (Å²) in [6.07, 6.45) is 0. The fourth-order valence-electron chi connectivity index (χ4n) is 0.915. The molecule has 1 N–H and O–H groups in total. The summed E-state index contributed by atoms with van der Waals surface area (Å²) in [6.45, 7) is 1.07. The smallest absolute Gasteiger partial charge is 0.417 e. The Morgan fingerprint density at radius 3 is 1.74 bits per heavy atom. The van der Waals surface area contributed by atoms with Crippen LogP contribution in [0.3, 0.4) is 0 Å². The maximum absolute atomic E-state index is 11.1. The van der Waals surface area contributed by atoms with Gasteiger partial charge in [0.2, 0.25) is 0 Å². The highest BCUT2D eigenvalue weighted by atomic mass is 16.6.